The molecule has 2 unspecified atom stereocenters. The molecule has 1 heterocycles. The maximum absolute atomic E-state index is 9.87. The fraction of sp³-hybridized carbons (Fsp3) is 0.600. The first-order valence-corrected chi connectivity index (χ1v) is 6.69. The van der Waals surface area contributed by atoms with Gasteiger partial charge in [-0.05, 0) is 33.0 Å². The van der Waals surface area contributed by atoms with E-state index in [-0.39, 0.29) is 0 Å². The summed E-state index contributed by atoms with van der Waals surface area (Å²) in [6.45, 7) is 6.24. The smallest absolute Gasteiger partial charge is 0.0781 e. The number of para-hydroxylation sites is 1. The van der Waals surface area contributed by atoms with Gasteiger partial charge in [-0.2, -0.15) is 0 Å². The van der Waals surface area contributed by atoms with Crippen LogP contribution in [-0.4, -0.2) is 43.2 Å². The molecule has 3 heteroatoms. The van der Waals surface area contributed by atoms with E-state index in [0.29, 0.717) is 12.0 Å². The van der Waals surface area contributed by atoms with Gasteiger partial charge in [-0.25, -0.2) is 0 Å². The summed E-state index contributed by atoms with van der Waals surface area (Å²) >= 11 is 0. The number of aliphatic hydroxyl groups excluding tert-OH is 1. The number of nitrogens with zero attached hydrogens (tertiary/aromatic N) is 2. The lowest BCUT2D eigenvalue weighted by Crippen LogP contribution is -2.34. The third kappa shape index (κ3) is 2.52. The largest absolute Gasteiger partial charge is 0.389 e. The van der Waals surface area contributed by atoms with E-state index in [4.69, 9.17) is 0 Å². The highest BCUT2D eigenvalue weighted by atomic mass is 16.3. The number of aliphatic hydroxyl groups is 1. The molecule has 0 aliphatic carbocycles. The SMILES string of the molecule is CC1CN(c2ccccc2[C@@H](C)O)CC1N(C)C. The van der Waals surface area contributed by atoms with Gasteiger partial charge in [0, 0.05) is 30.4 Å². The summed E-state index contributed by atoms with van der Waals surface area (Å²) in [4.78, 5) is 4.70. The molecule has 3 atom stereocenters. The lowest BCUT2D eigenvalue weighted by atomic mass is 10.1. The van der Waals surface area contributed by atoms with Crippen molar-refractivity contribution in [3.8, 4) is 0 Å². The first kappa shape index (κ1) is 13.4. The second-order valence-corrected chi connectivity index (χ2v) is 5.65. The van der Waals surface area contributed by atoms with Crippen LogP contribution in [0.4, 0.5) is 5.69 Å². The maximum atomic E-state index is 9.87. The van der Waals surface area contributed by atoms with Gasteiger partial charge < -0.3 is 14.9 Å². The maximum Gasteiger partial charge on any atom is 0.0781 e. The standard InChI is InChI=1S/C15H24N2O/c1-11-9-17(10-15(11)16(3)4)14-8-6-5-7-13(14)12(2)18/h5-8,11-12,15,18H,9-10H2,1-4H3/t11?,12-,15?/m1/s1. The van der Waals surface area contributed by atoms with E-state index < -0.39 is 6.10 Å². The summed E-state index contributed by atoms with van der Waals surface area (Å²) in [5.74, 6) is 0.655. The summed E-state index contributed by atoms with van der Waals surface area (Å²) in [6.07, 6.45) is -0.407. The minimum absolute atomic E-state index is 0.407. The van der Waals surface area contributed by atoms with Crippen LogP contribution < -0.4 is 4.90 Å². The Morgan fingerprint density at radius 1 is 1.28 bits per heavy atom. The van der Waals surface area contributed by atoms with Crippen molar-refractivity contribution < 1.29 is 5.11 Å². The van der Waals surface area contributed by atoms with Crippen LogP contribution in [0.5, 0.6) is 0 Å². The zero-order valence-electron chi connectivity index (χ0n) is 11.8. The fourth-order valence-electron chi connectivity index (χ4n) is 2.95. The second kappa shape index (κ2) is 5.29. The normalized spacial score (nSPS) is 25.8. The molecule has 0 aromatic heterocycles. The first-order chi connectivity index (χ1) is 8.50. The number of hydrogen-bond acceptors (Lipinski definition) is 3. The van der Waals surface area contributed by atoms with Gasteiger partial charge in [-0.1, -0.05) is 25.1 Å². The number of likely N-dealkylation sites (N-methyl/N-ethyl adjacent to an activating group) is 1. The van der Waals surface area contributed by atoms with Gasteiger partial charge >= 0.3 is 0 Å². The van der Waals surface area contributed by atoms with Gasteiger partial charge in [0.2, 0.25) is 0 Å². The average Bonchev–Trinajstić information content (AvgIpc) is 2.71. The van der Waals surface area contributed by atoms with Crippen LogP contribution in [0.25, 0.3) is 0 Å². The van der Waals surface area contributed by atoms with Crippen molar-refractivity contribution in [1.82, 2.24) is 4.90 Å². The molecule has 100 valence electrons. The van der Waals surface area contributed by atoms with Gasteiger partial charge in [-0.3, -0.25) is 0 Å². The Hall–Kier alpha value is -1.06. The molecular formula is C15H24N2O. The highest BCUT2D eigenvalue weighted by Gasteiger charge is 2.32. The molecule has 0 saturated carbocycles. The van der Waals surface area contributed by atoms with Crippen molar-refractivity contribution >= 4 is 5.69 Å². The number of rotatable bonds is 3. The molecule has 1 N–H and O–H groups in total. The average molecular weight is 248 g/mol. The zero-order chi connectivity index (χ0) is 13.3. The van der Waals surface area contributed by atoms with Crippen LogP contribution in [0.2, 0.25) is 0 Å². The molecule has 0 spiro atoms. The molecule has 0 radical (unpaired) electrons. The monoisotopic (exact) mass is 248 g/mol. The highest BCUT2D eigenvalue weighted by Crippen LogP contribution is 2.31. The van der Waals surface area contributed by atoms with E-state index in [9.17, 15) is 5.11 Å². The van der Waals surface area contributed by atoms with Crippen LogP contribution in [0, 0.1) is 5.92 Å². The van der Waals surface area contributed by atoms with Crippen LogP contribution in [-0.2, 0) is 0 Å². The van der Waals surface area contributed by atoms with Crippen molar-refractivity contribution in [3.05, 3.63) is 29.8 Å². The molecule has 1 fully saturated rings. The third-order valence-electron chi connectivity index (χ3n) is 3.96. The lowest BCUT2D eigenvalue weighted by Gasteiger charge is -2.25. The first-order valence-electron chi connectivity index (χ1n) is 6.69. The van der Waals surface area contributed by atoms with Crippen LogP contribution in [0.15, 0.2) is 24.3 Å². The Balaban J connectivity index is 2.24. The summed E-state index contributed by atoms with van der Waals surface area (Å²) in [5.41, 5.74) is 2.22. The quantitative estimate of drug-likeness (QED) is 0.887. The van der Waals surface area contributed by atoms with E-state index in [1.54, 1.807) is 0 Å². The molecule has 1 aliphatic rings. The topological polar surface area (TPSA) is 26.7 Å². The summed E-state index contributed by atoms with van der Waals surface area (Å²) in [7, 11) is 4.29. The van der Waals surface area contributed by atoms with E-state index in [0.717, 1.165) is 18.7 Å². The van der Waals surface area contributed by atoms with E-state index >= 15 is 0 Å². The van der Waals surface area contributed by atoms with Crippen molar-refractivity contribution in [2.45, 2.75) is 26.0 Å². The van der Waals surface area contributed by atoms with Crippen molar-refractivity contribution in [3.63, 3.8) is 0 Å². The molecule has 1 saturated heterocycles. The van der Waals surface area contributed by atoms with Crippen molar-refractivity contribution in [2.75, 3.05) is 32.1 Å². The molecule has 1 aromatic rings. The molecule has 18 heavy (non-hydrogen) atoms. The minimum atomic E-state index is -0.407. The molecule has 2 rings (SSSR count). The Morgan fingerprint density at radius 2 is 1.94 bits per heavy atom. The predicted octanol–water partition coefficient (Wildman–Crippen LogP) is 2.13. The van der Waals surface area contributed by atoms with Crippen LogP contribution >= 0.6 is 0 Å². The Labute approximate surface area is 110 Å². The van der Waals surface area contributed by atoms with Gasteiger partial charge in [0.05, 0.1) is 6.10 Å². The highest BCUT2D eigenvalue weighted by molar-refractivity contribution is 5.55. The fourth-order valence-corrected chi connectivity index (χ4v) is 2.95. The molecule has 1 aromatic carbocycles. The van der Waals surface area contributed by atoms with Crippen molar-refractivity contribution in [1.29, 1.82) is 0 Å². The van der Waals surface area contributed by atoms with Gasteiger partial charge in [-0.15, -0.1) is 0 Å². The third-order valence-corrected chi connectivity index (χ3v) is 3.96. The lowest BCUT2D eigenvalue weighted by molar-refractivity contribution is 0.199. The zero-order valence-corrected chi connectivity index (χ0v) is 11.8. The predicted molar refractivity (Wildman–Crippen MR) is 75.9 cm³/mol. The molecule has 1 aliphatic heterocycles. The van der Waals surface area contributed by atoms with Gasteiger partial charge in [0.1, 0.15) is 0 Å². The summed E-state index contributed by atoms with van der Waals surface area (Å²) < 4.78 is 0. The number of benzene rings is 1. The van der Waals surface area contributed by atoms with Crippen LogP contribution in [0.1, 0.15) is 25.5 Å². The van der Waals surface area contributed by atoms with Crippen molar-refractivity contribution in [2.24, 2.45) is 5.92 Å². The minimum Gasteiger partial charge on any atom is -0.389 e. The molecule has 0 amide bonds. The summed E-state index contributed by atoms with van der Waals surface area (Å²) in [5, 5.41) is 9.87. The van der Waals surface area contributed by atoms with Gasteiger partial charge in [0.25, 0.3) is 0 Å². The molecule has 3 nitrogen and oxygen atoms in total. The Morgan fingerprint density at radius 3 is 2.50 bits per heavy atom. The Bertz CT molecular complexity index is 403. The Kier molecular flexibility index (Phi) is 3.93. The van der Waals surface area contributed by atoms with Gasteiger partial charge in [0.15, 0.2) is 0 Å². The van der Waals surface area contributed by atoms with E-state index in [1.165, 1.54) is 5.69 Å². The second-order valence-electron chi connectivity index (χ2n) is 5.65. The molecule has 0 bridgehead atoms. The van der Waals surface area contributed by atoms with Crippen LogP contribution in [0.3, 0.4) is 0 Å². The number of anilines is 1. The van der Waals surface area contributed by atoms with E-state index in [2.05, 4.69) is 43.0 Å². The molecular weight excluding hydrogens is 224 g/mol. The number of hydrogen-bond donors (Lipinski definition) is 1. The van der Waals surface area contributed by atoms with E-state index in [1.807, 2.05) is 19.1 Å². The summed E-state index contributed by atoms with van der Waals surface area (Å²) in [6, 6.07) is 8.77.